The Morgan fingerprint density at radius 1 is 1.22 bits per heavy atom. The van der Waals surface area contributed by atoms with Crippen molar-refractivity contribution >= 4 is 17.2 Å². The molecule has 1 aromatic carbocycles. The summed E-state index contributed by atoms with van der Waals surface area (Å²) in [4.78, 5) is 24.0. The van der Waals surface area contributed by atoms with E-state index in [9.17, 15) is 9.90 Å². The van der Waals surface area contributed by atoms with Gasteiger partial charge in [0.25, 0.3) is 0 Å². The molecule has 2 aromatic rings. The number of likely N-dealkylation sites (N-methyl/N-ethyl adjacent to an activating group) is 1. The van der Waals surface area contributed by atoms with Crippen LogP contribution in [0.4, 0.5) is 0 Å². The third kappa shape index (κ3) is 5.12. The highest BCUT2D eigenvalue weighted by Crippen LogP contribution is 2.57. The van der Waals surface area contributed by atoms with Crippen LogP contribution in [-0.4, -0.2) is 72.2 Å². The summed E-state index contributed by atoms with van der Waals surface area (Å²) < 4.78 is 11.2. The number of benzene rings is 1. The molecule has 1 N–H and O–H groups in total. The molecule has 1 amide bonds. The van der Waals surface area contributed by atoms with Crippen LogP contribution in [0.15, 0.2) is 24.3 Å². The number of hydrogen-bond acceptors (Lipinski definition) is 7. The zero-order valence-corrected chi connectivity index (χ0v) is 23.6. The van der Waals surface area contributed by atoms with E-state index >= 15 is 0 Å². The molecular weight excluding hydrogens is 486 g/mol. The van der Waals surface area contributed by atoms with E-state index < -0.39 is 6.10 Å². The van der Waals surface area contributed by atoms with E-state index in [1.165, 1.54) is 4.88 Å². The van der Waals surface area contributed by atoms with Gasteiger partial charge in [0.05, 0.1) is 18.9 Å². The predicted octanol–water partition coefficient (Wildman–Crippen LogP) is 4.19. The van der Waals surface area contributed by atoms with E-state index in [2.05, 4.69) is 25.8 Å². The molecule has 1 saturated carbocycles. The summed E-state index contributed by atoms with van der Waals surface area (Å²) in [6, 6.07) is 7.60. The number of methoxy groups -OCH3 is 1. The number of carbonyl (C=O) groups is 1. The van der Waals surface area contributed by atoms with Gasteiger partial charge in [-0.25, -0.2) is 4.98 Å². The minimum atomic E-state index is -0.506. The zero-order chi connectivity index (χ0) is 26.3. The van der Waals surface area contributed by atoms with Crippen molar-refractivity contribution in [1.29, 1.82) is 0 Å². The number of rotatable bonds is 6. The number of piperazine rings is 1. The molecule has 2 fully saturated rings. The maximum absolute atomic E-state index is 13.4. The Bertz CT molecular complexity index is 1100. The summed E-state index contributed by atoms with van der Waals surface area (Å²) in [6.45, 7) is 10.4. The molecule has 0 spiro atoms. The first kappa shape index (κ1) is 26.4. The van der Waals surface area contributed by atoms with Gasteiger partial charge in [-0.3, -0.25) is 4.79 Å². The third-order valence-electron chi connectivity index (χ3n) is 9.23. The Balaban J connectivity index is 1.28. The first-order chi connectivity index (χ1) is 17.7. The molecule has 0 bridgehead atoms. The fourth-order valence-electron chi connectivity index (χ4n) is 6.97. The Labute approximate surface area is 224 Å². The maximum atomic E-state index is 13.4. The molecule has 8 heteroatoms. The van der Waals surface area contributed by atoms with Crippen LogP contribution >= 0.6 is 11.3 Å². The van der Waals surface area contributed by atoms with E-state index in [1.54, 1.807) is 18.4 Å². The van der Waals surface area contributed by atoms with Gasteiger partial charge >= 0.3 is 0 Å². The van der Waals surface area contributed by atoms with Crippen LogP contribution in [-0.2, 0) is 17.8 Å². The second-order valence-electron chi connectivity index (χ2n) is 11.6. The van der Waals surface area contributed by atoms with Crippen LogP contribution < -0.4 is 9.47 Å². The Hall–Kier alpha value is -2.16. The molecule has 1 aromatic heterocycles. The number of nitrogens with zero attached hydrogens (tertiary/aromatic N) is 3. The molecule has 6 atom stereocenters. The summed E-state index contributed by atoms with van der Waals surface area (Å²) in [5.74, 6) is 1.86. The highest BCUT2D eigenvalue weighted by Gasteiger charge is 2.54. The lowest BCUT2D eigenvalue weighted by atomic mass is 9.53. The van der Waals surface area contributed by atoms with E-state index in [0.29, 0.717) is 6.61 Å². The summed E-state index contributed by atoms with van der Waals surface area (Å²) in [5.41, 5.74) is 1.12. The summed E-state index contributed by atoms with van der Waals surface area (Å²) >= 11 is 1.75. The number of carbonyl (C=O) groups excluding carboxylic acids is 1. The van der Waals surface area contributed by atoms with Crippen molar-refractivity contribution in [3.63, 3.8) is 0 Å². The SMILES string of the molecule is COc1ccc(OCc2nc3c(s2)C[C@]2(C)CCC([C@H](C)C(=O)N4CCN(C)CC4)[C@H](O)[C@H]2[C@@H]3C)cc1. The van der Waals surface area contributed by atoms with Gasteiger partial charge in [-0.2, -0.15) is 0 Å². The van der Waals surface area contributed by atoms with Crippen molar-refractivity contribution in [3.05, 3.63) is 39.8 Å². The maximum Gasteiger partial charge on any atom is 0.225 e. The van der Waals surface area contributed by atoms with Gasteiger partial charge in [-0.1, -0.05) is 20.8 Å². The van der Waals surface area contributed by atoms with Crippen molar-refractivity contribution < 1.29 is 19.4 Å². The molecule has 2 heterocycles. The third-order valence-corrected chi connectivity index (χ3v) is 10.3. The molecule has 5 rings (SSSR count). The monoisotopic (exact) mass is 527 g/mol. The van der Waals surface area contributed by atoms with Gasteiger partial charge in [-0.05, 0) is 67.8 Å². The van der Waals surface area contributed by atoms with E-state index in [1.807, 2.05) is 36.1 Å². The number of ether oxygens (including phenoxy) is 2. The van der Waals surface area contributed by atoms with Gasteiger partial charge in [0, 0.05) is 42.9 Å². The minimum absolute atomic E-state index is 0.00857. The number of amides is 1. The molecule has 7 nitrogen and oxygen atoms in total. The second kappa shape index (κ2) is 10.5. The topological polar surface area (TPSA) is 75.1 Å². The van der Waals surface area contributed by atoms with E-state index in [-0.39, 0.29) is 35.0 Å². The first-order valence-corrected chi connectivity index (χ1v) is 14.4. The Morgan fingerprint density at radius 2 is 1.89 bits per heavy atom. The van der Waals surface area contributed by atoms with Gasteiger partial charge in [0.1, 0.15) is 23.1 Å². The fourth-order valence-corrected chi connectivity index (χ4v) is 8.26. The number of aliphatic hydroxyl groups is 1. The highest BCUT2D eigenvalue weighted by molar-refractivity contribution is 7.11. The van der Waals surface area contributed by atoms with Gasteiger partial charge in [0.2, 0.25) is 5.91 Å². The number of thiazole rings is 1. The smallest absolute Gasteiger partial charge is 0.225 e. The van der Waals surface area contributed by atoms with E-state index in [0.717, 1.165) is 67.6 Å². The summed E-state index contributed by atoms with van der Waals surface area (Å²) in [6.07, 6.45) is 2.35. The molecule has 1 unspecified atom stereocenters. The second-order valence-corrected chi connectivity index (χ2v) is 12.8. The van der Waals surface area contributed by atoms with Crippen LogP contribution in [0.2, 0.25) is 0 Å². The fraction of sp³-hybridized carbons (Fsp3) is 0.655. The number of aromatic nitrogens is 1. The normalized spacial score (nSPS) is 30.8. The average molecular weight is 528 g/mol. The van der Waals surface area contributed by atoms with Gasteiger partial charge in [0.15, 0.2) is 0 Å². The van der Waals surface area contributed by atoms with Crippen molar-refractivity contribution in [1.82, 2.24) is 14.8 Å². The quantitative estimate of drug-likeness (QED) is 0.607. The Kier molecular flexibility index (Phi) is 7.53. The number of fused-ring (bicyclic) bond motifs is 2. The molecule has 3 aliphatic rings. The summed E-state index contributed by atoms with van der Waals surface area (Å²) in [5, 5.41) is 12.7. The zero-order valence-electron chi connectivity index (χ0n) is 22.8. The largest absolute Gasteiger partial charge is 0.497 e. The standard InChI is InChI=1S/C29H41N3O4S/c1-18(28(34)32-14-12-31(4)13-15-32)22-10-11-29(3)16-23-26(19(2)25(29)27(22)33)30-24(37-23)17-36-21-8-6-20(35-5)7-9-21/h6-9,18-19,22,25,27,33H,10-17H2,1-5H3/t18-,19-,22?,25+,27-,29-/m0/s1. The molecule has 202 valence electrons. The van der Waals surface area contributed by atoms with Crippen molar-refractivity contribution in [2.24, 2.45) is 23.2 Å². The summed E-state index contributed by atoms with van der Waals surface area (Å²) in [7, 11) is 3.76. The van der Waals surface area contributed by atoms with E-state index in [4.69, 9.17) is 14.5 Å². The number of aliphatic hydroxyl groups excluding tert-OH is 1. The van der Waals surface area contributed by atoms with Gasteiger partial charge < -0.3 is 24.4 Å². The Morgan fingerprint density at radius 3 is 2.57 bits per heavy atom. The molecule has 37 heavy (non-hydrogen) atoms. The van der Waals surface area contributed by atoms with Crippen LogP contribution in [0.1, 0.15) is 55.1 Å². The molecule has 0 radical (unpaired) electrons. The first-order valence-electron chi connectivity index (χ1n) is 13.6. The van der Waals surface area contributed by atoms with Crippen LogP contribution in [0.25, 0.3) is 0 Å². The van der Waals surface area contributed by atoms with Gasteiger partial charge in [-0.15, -0.1) is 11.3 Å². The van der Waals surface area contributed by atoms with Crippen molar-refractivity contribution in [2.75, 3.05) is 40.3 Å². The van der Waals surface area contributed by atoms with Crippen LogP contribution in [0.5, 0.6) is 11.5 Å². The lowest BCUT2D eigenvalue weighted by molar-refractivity contribution is -0.146. The lowest BCUT2D eigenvalue weighted by Crippen LogP contribution is -2.55. The average Bonchev–Trinajstić information content (AvgIpc) is 3.30. The molecular formula is C29H41N3O4S. The molecule has 1 aliphatic heterocycles. The number of hydrogen-bond donors (Lipinski definition) is 1. The lowest BCUT2D eigenvalue weighted by Gasteiger charge is -2.53. The van der Waals surface area contributed by atoms with Crippen LogP contribution in [0, 0.1) is 23.2 Å². The van der Waals surface area contributed by atoms with Crippen molar-refractivity contribution in [3.8, 4) is 11.5 Å². The minimum Gasteiger partial charge on any atom is -0.497 e. The molecule has 1 saturated heterocycles. The molecule has 2 aliphatic carbocycles. The van der Waals surface area contributed by atoms with Crippen molar-refractivity contribution in [2.45, 2.75) is 58.7 Å². The highest BCUT2D eigenvalue weighted by atomic mass is 32.1. The predicted molar refractivity (Wildman–Crippen MR) is 145 cm³/mol. The van der Waals surface area contributed by atoms with Crippen LogP contribution in [0.3, 0.4) is 0 Å².